The van der Waals surface area contributed by atoms with Gasteiger partial charge in [0.2, 0.25) is 0 Å². The predicted octanol–water partition coefficient (Wildman–Crippen LogP) is -0.589. The number of aryl methyl sites for hydroxylation is 1. The Morgan fingerprint density at radius 2 is 2.31 bits per heavy atom. The molecule has 0 amide bonds. The van der Waals surface area contributed by atoms with Gasteiger partial charge in [0.15, 0.2) is 5.65 Å². The second kappa shape index (κ2) is 3.86. The first-order valence-electron chi connectivity index (χ1n) is 4.78. The average Bonchev–Trinajstić information content (AvgIpc) is 2.61. The number of imidazole rings is 1. The lowest BCUT2D eigenvalue weighted by Crippen LogP contribution is -2.15. The van der Waals surface area contributed by atoms with E-state index in [2.05, 4.69) is 15.0 Å². The largest absolute Gasteiger partial charge is 0.395 e. The molecule has 0 unspecified atom stereocenters. The molecule has 0 bridgehead atoms. The Labute approximate surface area is 91.5 Å². The van der Waals surface area contributed by atoms with E-state index in [0.29, 0.717) is 29.2 Å². The third kappa shape index (κ3) is 1.61. The number of hydrogen-bond donors (Lipinski definition) is 3. The van der Waals surface area contributed by atoms with Gasteiger partial charge in [-0.1, -0.05) is 0 Å². The van der Waals surface area contributed by atoms with Gasteiger partial charge in [-0.2, -0.15) is 0 Å². The van der Waals surface area contributed by atoms with E-state index in [0.717, 1.165) is 0 Å². The highest BCUT2D eigenvalue weighted by atomic mass is 16.3. The first kappa shape index (κ1) is 10.5. The van der Waals surface area contributed by atoms with Gasteiger partial charge in [0.25, 0.3) is 0 Å². The van der Waals surface area contributed by atoms with Gasteiger partial charge in [-0.25, -0.2) is 15.0 Å². The van der Waals surface area contributed by atoms with Crippen LogP contribution in [0.25, 0.3) is 11.2 Å². The van der Waals surface area contributed by atoms with Crippen molar-refractivity contribution in [1.29, 1.82) is 5.41 Å². The minimum Gasteiger partial charge on any atom is -0.395 e. The molecule has 7 heteroatoms. The van der Waals surface area contributed by atoms with Gasteiger partial charge < -0.3 is 15.4 Å². The number of aromatic nitrogens is 4. The highest BCUT2D eigenvalue weighted by Gasteiger charge is 2.13. The fourth-order valence-electron chi connectivity index (χ4n) is 1.51. The SMILES string of the molecule is Cc1nc(C(=N)N)c2ncn(CCO)c2n1. The average molecular weight is 220 g/mol. The van der Waals surface area contributed by atoms with Crippen molar-refractivity contribution in [2.45, 2.75) is 13.5 Å². The number of rotatable bonds is 3. The summed E-state index contributed by atoms with van der Waals surface area (Å²) in [5, 5.41) is 16.3. The quantitative estimate of drug-likeness (QED) is 0.472. The maximum absolute atomic E-state index is 8.89. The van der Waals surface area contributed by atoms with Crippen LogP contribution in [0.3, 0.4) is 0 Å². The Bertz CT molecular complexity index is 546. The lowest BCUT2D eigenvalue weighted by Gasteiger charge is -2.03. The van der Waals surface area contributed by atoms with E-state index in [1.165, 1.54) is 0 Å². The summed E-state index contributed by atoms with van der Waals surface area (Å²) < 4.78 is 1.70. The molecule has 0 aliphatic rings. The summed E-state index contributed by atoms with van der Waals surface area (Å²) in [6.07, 6.45) is 1.56. The highest BCUT2D eigenvalue weighted by molar-refractivity contribution is 6.02. The van der Waals surface area contributed by atoms with Crippen LogP contribution in [-0.4, -0.2) is 37.1 Å². The Hall–Kier alpha value is -2.02. The van der Waals surface area contributed by atoms with E-state index in [-0.39, 0.29) is 12.4 Å². The Kier molecular flexibility index (Phi) is 2.53. The lowest BCUT2D eigenvalue weighted by atomic mass is 10.3. The molecule has 0 saturated heterocycles. The zero-order valence-electron chi connectivity index (χ0n) is 8.80. The van der Waals surface area contributed by atoms with Crippen molar-refractivity contribution in [1.82, 2.24) is 19.5 Å². The number of hydrogen-bond acceptors (Lipinski definition) is 5. The monoisotopic (exact) mass is 220 g/mol. The third-order valence-corrected chi connectivity index (χ3v) is 2.17. The molecule has 2 heterocycles. The van der Waals surface area contributed by atoms with Gasteiger partial charge in [0, 0.05) is 6.54 Å². The first-order chi connectivity index (χ1) is 7.63. The van der Waals surface area contributed by atoms with Crippen LogP contribution in [0.1, 0.15) is 11.5 Å². The van der Waals surface area contributed by atoms with E-state index in [9.17, 15) is 0 Å². The maximum Gasteiger partial charge on any atom is 0.164 e. The topological polar surface area (TPSA) is 114 Å². The zero-order valence-corrected chi connectivity index (χ0v) is 8.80. The fourth-order valence-corrected chi connectivity index (χ4v) is 1.51. The van der Waals surface area contributed by atoms with Crippen molar-refractivity contribution in [3.05, 3.63) is 17.8 Å². The highest BCUT2D eigenvalue weighted by Crippen LogP contribution is 2.13. The van der Waals surface area contributed by atoms with Crippen molar-refractivity contribution >= 4 is 17.0 Å². The normalized spacial score (nSPS) is 10.9. The number of amidine groups is 1. The van der Waals surface area contributed by atoms with Crippen molar-refractivity contribution in [2.75, 3.05) is 6.61 Å². The molecule has 0 aliphatic carbocycles. The van der Waals surface area contributed by atoms with Crippen molar-refractivity contribution < 1.29 is 5.11 Å². The number of nitrogens with two attached hydrogens (primary N) is 1. The van der Waals surface area contributed by atoms with Gasteiger partial charge in [-0.05, 0) is 6.92 Å². The maximum atomic E-state index is 8.89. The number of aliphatic hydroxyl groups excluding tert-OH is 1. The fraction of sp³-hybridized carbons (Fsp3) is 0.333. The second-order valence-corrected chi connectivity index (χ2v) is 3.37. The third-order valence-electron chi connectivity index (χ3n) is 2.17. The summed E-state index contributed by atoms with van der Waals surface area (Å²) in [5.74, 6) is 0.391. The number of fused-ring (bicyclic) bond motifs is 1. The van der Waals surface area contributed by atoms with Crippen molar-refractivity contribution in [3.63, 3.8) is 0 Å². The molecule has 0 aliphatic heterocycles. The summed E-state index contributed by atoms with van der Waals surface area (Å²) >= 11 is 0. The van der Waals surface area contributed by atoms with Crippen LogP contribution < -0.4 is 5.73 Å². The summed E-state index contributed by atoms with van der Waals surface area (Å²) in [6, 6.07) is 0. The second-order valence-electron chi connectivity index (χ2n) is 3.37. The van der Waals surface area contributed by atoms with E-state index < -0.39 is 0 Å². The number of nitrogens with zero attached hydrogens (tertiary/aromatic N) is 4. The van der Waals surface area contributed by atoms with Crippen LogP contribution in [0.15, 0.2) is 6.33 Å². The molecule has 4 N–H and O–H groups in total. The molecule has 0 aromatic carbocycles. The van der Waals surface area contributed by atoms with Crippen LogP contribution in [0.4, 0.5) is 0 Å². The van der Waals surface area contributed by atoms with Gasteiger partial charge in [-0.15, -0.1) is 0 Å². The molecule has 84 valence electrons. The minimum atomic E-state index is -0.134. The molecule has 7 nitrogen and oxygen atoms in total. The van der Waals surface area contributed by atoms with E-state index in [1.807, 2.05) is 0 Å². The Morgan fingerprint density at radius 1 is 1.56 bits per heavy atom. The zero-order chi connectivity index (χ0) is 11.7. The summed E-state index contributed by atoms with van der Waals surface area (Å²) in [6.45, 7) is 2.14. The molecule has 0 spiro atoms. The van der Waals surface area contributed by atoms with Crippen LogP contribution in [0, 0.1) is 12.3 Å². The number of nitrogen functional groups attached to an aromatic ring is 1. The standard InChI is InChI=1S/C9H12N6O/c1-5-13-6(8(10)11)7-9(14-5)15(2-3-16)4-12-7/h4,16H,2-3H2,1H3,(H3,10,11). The number of aliphatic hydroxyl groups is 1. The molecule has 16 heavy (non-hydrogen) atoms. The van der Waals surface area contributed by atoms with Crippen LogP contribution in [0.5, 0.6) is 0 Å². The van der Waals surface area contributed by atoms with Crippen molar-refractivity contribution in [3.8, 4) is 0 Å². The molecule has 0 atom stereocenters. The van der Waals surface area contributed by atoms with Crippen LogP contribution >= 0.6 is 0 Å². The van der Waals surface area contributed by atoms with Crippen molar-refractivity contribution in [2.24, 2.45) is 5.73 Å². The number of nitrogens with one attached hydrogen (secondary N) is 1. The molecule has 2 aromatic rings. The molecule has 0 fully saturated rings. The van der Waals surface area contributed by atoms with E-state index >= 15 is 0 Å². The summed E-state index contributed by atoms with van der Waals surface area (Å²) in [4.78, 5) is 12.4. The Morgan fingerprint density at radius 3 is 2.94 bits per heavy atom. The van der Waals surface area contributed by atoms with Gasteiger partial charge in [0.05, 0.1) is 12.9 Å². The molecule has 0 radical (unpaired) electrons. The Balaban J connectivity index is 2.70. The van der Waals surface area contributed by atoms with Gasteiger partial charge in [-0.3, -0.25) is 5.41 Å². The van der Waals surface area contributed by atoms with E-state index in [1.54, 1.807) is 17.8 Å². The van der Waals surface area contributed by atoms with Crippen LogP contribution in [-0.2, 0) is 6.54 Å². The molecule has 0 saturated carbocycles. The van der Waals surface area contributed by atoms with Gasteiger partial charge >= 0.3 is 0 Å². The summed E-state index contributed by atoms with van der Waals surface area (Å²) in [5.41, 5.74) is 6.84. The molecular formula is C9H12N6O. The van der Waals surface area contributed by atoms with Crippen LogP contribution in [0.2, 0.25) is 0 Å². The van der Waals surface area contributed by atoms with E-state index in [4.69, 9.17) is 16.2 Å². The summed E-state index contributed by atoms with van der Waals surface area (Å²) in [7, 11) is 0. The predicted molar refractivity (Wildman–Crippen MR) is 58.2 cm³/mol. The molecular weight excluding hydrogens is 208 g/mol. The smallest absolute Gasteiger partial charge is 0.164 e. The molecule has 2 rings (SSSR count). The van der Waals surface area contributed by atoms with Gasteiger partial charge in [0.1, 0.15) is 22.9 Å². The molecule has 2 aromatic heterocycles. The minimum absolute atomic E-state index is 0.00388. The first-order valence-corrected chi connectivity index (χ1v) is 4.78. The lowest BCUT2D eigenvalue weighted by molar-refractivity contribution is 0.277.